The van der Waals surface area contributed by atoms with Crippen molar-refractivity contribution < 1.29 is 12.8 Å². The predicted molar refractivity (Wildman–Crippen MR) is 81.2 cm³/mol. The summed E-state index contributed by atoms with van der Waals surface area (Å²) in [6.07, 6.45) is 2.56. The van der Waals surface area contributed by atoms with Crippen molar-refractivity contribution in [1.29, 1.82) is 0 Å². The summed E-state index contributed by atoms with van der Waals surface area (Å²) in [5, 5.41) is 0.146. The lowest BCUT2D eigenvalue weighted by atomic mass is 10.2. The molecule has 0 aliphatic rings. The molecule has 0 spiro atoms. The average molecular weight is 369 g/mol. The molecule has 108 valence electrons. The molecule has 0 N–H and O–H groups in total. The lowest BCUT2D eigenvalue weighted by molar-refractivity contribution is 0.588. The summed E-state index contributed by atoms with van der Waals surface area (Å²) in [4.78, 5) is 4.11. The number of hydrogen-bond acceptors (Lipinski definition) is 3. The molecule has 2 heterocycles. The quantitative estimate of drug-likeness (QED) is 0.695. The number of rotatable bonds is 2. The molecule has 0 saturated carbocycles. The van der Waals surface area contributed by atoms with Crippen LogP contribution in [0.5, 0.6) is 0 Å². The topological polar surface area (TPSA) is 52.0 Å². The molecular formula is C14H10BrFN2O2S. The molecular weight excluding hydrogens is 359 g/mol. The summed E-state index contributed by atoms with van der Waals surface area (Å²) in [7, 11) is -3.82. The first kappa shape index (κ1) is 14.2. The van der Waals surface area contributed by atoms with Gasteiger partial charge in [-0.2, -0.15) is 0 Å². The summed E-state index contributed by atoms with van der Waals surface area (Å²) in [5.74, 6) is -0.523. The van der Waals surface area contributed by atoms with Crippen LogP contribution in [0.4, 0.5) is 4.39 Å². The molecule has 4 nitrogen and oxygen atoms in total. The zero-order chi connectivity index (χ0) is 15.2. The van der Waals surface area contributed by atoms with E-state index in [9.17, 15) is 12.8 Å². The minimum absolute atomic E-state index is 0.0578. The fourth-order valence-electron chi connectivity index (χ4n) is 2.05. The van der Waals surface area contributed by atoms with Gasteiger partial charge in [-0.05, 0) is 41.1 Å². The molecule has 21 heavy (non-hydrogen) atoms. The lowest BCUT2D eigenvalue weighted by Gasteiger charge is -2.07. The molecule has 7 heteroatoms. The highest BCUT2D eigenvalue weighted by molar-refractivity contribution is 9.10. The fourth-order valence-corrected chi connectivity index (χ4v) is 4.08. The van der Waals surface area contributed by atoms with Gasteiger partial charge in [0.05, 0.1) is 10.3 Å². The molecule has 0 aliphatic heterocycles. The Kier molecular flexibility index (Phi) is 3.33. The highest BCUT2D eigenvalue weighted by Crippen LogP contribution is 2.30. The van der Waals surface area contributed by atoms with Gasteiger partial charge >= 0.3 is 0 Å². The second-order valence-electron chi connectivity index (χ2n) is 4.58. The van der Waals surface area contributed by atoms with Gasteiger partial charge in [0.25, 0.3) is 10.0 Å². The molecule has 0 fully saturated rings. The van der Waals surface area contributed by atoms with Gasteiger partial charge in [0.2, 0.25) is 0 Å². The number of nitrogens with zero attached hydrogens (tertiary/aromatic N) is 2. The number of aryl methyl sites for hydroxylation is 1. The molecule has 0 radical (unpaired) electrons. The van der Waals surface area contributed by atoms with Crippen molar-refractivity contribution in [2.24, 2.45) is 0 Å². The Morgan fingerprint density at radius 1 is 1.19 bits per heavy atom. The predicted octanol–water partition coefficient (Wildman–Crippen LogP) is 3.48. The SMILES string of the molecule is Cc1ccc(S(=O)(=O)n2cc(Br)c3c(F)ccnc32)cc1. The van der Waals surface area contributed by atoms with E-state index < -0.39 is 15.8 Å². The Bertz CT molecular complexity index is 934. The van der Waals surface area contributed by atoms with Gasteiger partial charge in [-0.3, -0.25) is 0 Å². The summed E-state index contributed by atoms with van der Waals surface area (Å²) < 4.78 is 40.5. The highest BCUT2D eigenvalue weighted by Gasteiger charge is 2.22. The largest absolute Gasteiger partial charge is 0.269 e. The molecule has 3 rings (SSSR count). The molecule has 0 amide bonds. The molecule has 2 aromatic heterocycles. The van der Waals surface area contributed by atoms with Crippen molar-refractivity contribution in [3.05, 3.63) is 58.6 Å². The average Bonchev–Trinajstić information content (AvgIpc) is 2.79. The van der Waals surface area contributed by atoms with E-state index in [1.165, 1.54) is 30.6 Å². The van der Waals surface area contributed by atoms with Gasteiger partial charge in [-0.1, -0.05) is 17.7 Å². The fraction of sp³-hybridized carbons (Fsp3) is 0.0714. The van der Waals surface area contributed by atoms with Crippen molar-refractivity contribution >= 4 is 37.0 Å². The van der Waals surface area contributed by atoms with Crippen LogP contribution in [0.3, 0.4) is 0 Å². The van der Waals surface area contributed by atoms with Gasteiger partial charge in [0.1, 0.15) is 5.82 Å². The van der Waals surface area contributed by atoms with Crippen molar-refractivity contribution in [3.8, 4) is 0 Å². The van der Waals surface area contributed by atoms with Gasteiger partial charge in [0.15, 0.2) is 5.65 Å². The first-order valence-corrected chi connectivity index (χ1v) is 8.28. The maximum absolute atomic E-state index is 13.8. The van der Waals surface area contributed by atoms with Gasteiger partial charge in [-0.15, -0.1) is 0 Å². The monoisotopic (exact) mass is 368 g/mol. The highest BCUT2D eigenvalue weighted by atomic mass is 79.9. The standard InChI is InChI=1S/C14H10BrFN2O2S/c1-9-2-4-10(5-3-9)21(19,20)18-8-11(15)13-12(16)6-7-17-14(13)18/h2-8H,1H3. The van der Waals surface area contributed by atoms with E-state index in [0.717, 1.165) is 9.54 Å². The lowest BCUT2D eigenvalue weighted by Crippen LogP contribution is -2.12. The molecule has 0 saturated heterocycles. The van der Waals surface area contributed by atoms with E-state index in [1.54, 1.807) is 12.1 Å². The smallest absolute Gasteiger partial charge is 0.237 e. The Labute approximate surface area is 129 Å². The first-order valence-electron chi connectivity index (χ1n) is 6.04. The number of aromatic nitrogens is 2. The van der Waals surface area contributed by atoms with E-state index in [2.05, 4.69) is 20.9 Å². The van der Waals surface area contributed by atoms with Gasteiger partial charge in [-0.25, -0.2) is 21.8 Å². The van der Waals surface area contributed by atoms with E-state index in [-0.39, 0.29) is 15.9 Å². The molecule has 3 aromatic rings. The van der Waals surface area contributed by atoms with E-state index in [1.807, 2.05) is 6.92 Å². The van der Waals surface area contributed by atoms with Crippen LogP contribution in [-0.2, 0) is 10.0 Å². The second-order valence-corrected chi connectivity index (χ2v) is 7.25. The Morgan fingerprint density at radius 2 is 1.86 bits per heavy atom. The minimum Gasteiger partial charge on any atom is -0.237 e. The number of fused-ring (bicyclic) bond motifs is 1. The molecule has 0 unspecified atom stereocenters. The summed E-state index contributed by atoms with van der Waals surface area (Å²) in [6, 6.07) is 7.65. The van der Waals surface area contributed by atoms with E-state index in [0.29, 0.717) is 4.47 Å². The van der Waals surface area contributed by atoms with Crippen molar-refractivity contribution in [2.75, 3.05) is 0 Å². The van der Waals surface area contributed by atoms with Crippen LogP contribution in [-0.4, -0.2) is 17.4 Å². The molecule has 0 bridgehead atoms. The van der Waals surface area contributed by atoms with Crippen LogP contribution in [0.25, 0.3) is 11.0 Å². The maximum Gasteiger partial charge on any atom is 0.269 e. The van der Waals surface area contributed by atoms with E-state index >= 15 is 0 Å². The summed E-state index contributed by atoms with van der Waals surface area (Å²) in [6.45, 7) is 1.87. The van der Waals surface area contributed by atoms with E-state index in [4.69, 9.17) is 0 Å². The maximum atomic E-state index is 13.8. The zero-order valence-electron chi connectivity index (χ0n) is 10.9. The Morgan fingerprint density at radius 3 is 2.52 bits per heavy atom. The van der Waals surface area contributed by atoms with Crippen LogP contribution in [0.1, 0.15) is 5.56 Å². The van der Waals surface area contributed by atoms with Gasteiger partial charge < -0.3 is 0 Å². The van der Waals surface area contributed by atoms with Crippen LogP contribution in [0.15, 0.2) is 52.1 Å². The number of benzene rings is 1. The Hall–Kier alpha value is -1.73. The second kappa shape index (κ2) is 4.92. The third-order valence-corrected chi connectivity index (χ3v) is 5.40. The summed E-state index contributed by atoms with van der Waals surface area (Å²) >= 11 is 3.18. The molecule has 0 atom stereocenters. The molecule has 0 aliphatic carbocycles. The molecule has 1 aromatic carbocycles. The number of hydrogen-bond donors (Lipinski definition) is 0. The van der Waals surface area contributed by atoms with Crippen molar-refractivity contribution in [3.63, 3.8) is 0 Å². The van der Waals surface area contributed by atoms with Gasteiger partial charge in [0, 0.05) is 16.9 Å². The van der Waals surface area contributed by atoms with Crippen molar-refractivity contribution in [2.45, 2.75) is 11.8 Å². The zero-order valence-corrected chi connectivity index (χ0v) is 13.3. The summed E-state index contributed by atoms with van der Waals surface area (Å²) in [5.41, 5.74) is 1.01. The minimum atomic E-state index is -3.82. The van der Waals surface area contributed by atoms with Crippen molar-refractivity contribution in [1.82, 2.24) is 8.96 Å². The van der Waals surface area contributed by atoms with Crippen LogP contribution >= 0.6 is 15.9 Å². The van der Waals surface area contributed by atoms with Crippen LogP contribution < -0.4 is 0 Å². The Balaban J connectivity index is 2.29. The third-order valence-electron chi connectivity index (χ3n) is 3.14. The normalized spacial score (nSPS) is 12.0. The number of halogens is 2. The number of pyridine rings is 1. The first-order chi connectivity index (χ1) is 9.91. The third kappa shape index (κ3) is 2.26. The van der Waals surface area contributed by atoms with Crippen LogP contribution in [0.2, 0.25) is 0 Å². The van der Waals surface area contributed by atoms with Crippen LogP contribution in [0, 0.1) is 12.7 Å².